The zero-order chi connectivity index (χ0) is 23.1. The van der Waals surface area contributed by atoms with Gasteiger partial charge in [-0.25, -0.2) is 14.0 Å². The first-order valence-corrected chi connectivity index (χ1v) is 10.2. The highest BCUT2D eigenvalue weighted by atomic mass is 19.1. The van der Waals surface area contributed by atoms with E-state index in [-0.39, 0.29) is 29.4 Å². The predicted octanol–water partition coefficient (Wildman–Crippen LogP) is 5.67. The number of hydrogen-bond donors (Lipinski definition) is 0. The number of esters is 2. The van der Waals surface area contributed by atoms with Crippen LogP contribution in [-0.2, 0) is 16.1 Å². The van der Waals surface area contributed by atoms with Crippen LogP contribution in [0.5, 0.6) is 5.75 Å². The van der Waals surface area contributed by atoms with Gasteiger partial charge in [-0.3, -0.25) is 0 Å². The molecule has 0 aliphatic carbocycles. The quantitative estimate of drug-likeness (QED) is 0.426. The van der Waals surface area contributed by atoms with Crippen LogP contribution in [0.25, 0.3) is 11.1 Å². The maximum Gasteiger partial charge on any atom is 0.342 e. The van der Waals surface area contributed by atoms with Crippen LogP contribution in [0.2, 0.25) is 0 Å². The van der Waals surface area contributed by atoms with Crippen molar-refractivity contribution in [2.45, 2.75) is 20.5 Å². The first-order chi connectivity index (χ1) is 15.4. The van der Waals surface area contributed by atoms with Crippen molar-refractivity contribution in [1.82, 2.24) is 0 Å². The molecule has 5 nitrogen and oxygen atoms in total. The number of carbonyl (C=O) groups excluding carboxylic acids is 2. The third kappa shape index (κ3) is 5.72. The predicted molar refractivity (Wildman–Crippen MR) is 119 cm³/mol. The molecule has 0 spiro atoms. The van der Waals surface area contributed by atoms with E-state index in [1.807, 2.05) is 44.2 Å². The highest BCUT2D eigenvalue weighted by molar-refractivity contribution is 5.94. The molecule has 0 unspecified atom stereocenters. The molecule has 3 aromatic rings. The van der Waals surface area contributed by atoms with Gasteiger partial charge < -0.3 is 14.2 Å². The molecule has 0 saturated carbocycles. The average Bonchev–Trinajstić information content (AvgIpc) is 2.81. The van der Waals surface area contributed by atoms with Gasteiger partial charge in [0, 0.05) is 11.6 Å². The lowest BCUT2D eigenvalue weighted by Gasteiger charge is -2.13. The van der Waals surface area contributed by atoms with E-state index in [2.05, 4.69) is 0 Å². The van der Waals surface area contributed by atoms with Crippen LogP contribution in [0, 0.1) is 11.7 Å². The highest BCUT2D eigenvalue weighted by Crippen LogP contribution is 2.31. The Kier molecular flexibility index (Phi) is 7.60. The monoisotopic (exact) mass is 436 g/mol. The molecule has 3 rings (SSSR count). The zero-order valence-electron chi connectivity index (χ0n) is 18.3. The van der Waals surface area contributed by atoms with Crippen LogP contribution in [-0.4, -0.2) is 25.7 Å². The van der Waals surface area contributed by atoms with Crippen LogP contribution in [0.4, 0.5) is 4.39 Å². The minimum atomic E-state index is -0.624. The molecule has 0 amide bonds. The molecule has 0 heterocycles. The summed E-state index contributed by atoms with van der Waals surface area (Å²) in [6.07, 6.45) is 0. The van der Waals surface area contributed by atoms with Gasteiger partial charge in [0.2, 0.25) is 0 Å². The summed E-state index contributed by atoms with van der Waals surface area (Å²) in [6, 6.07) is 18.1. The summed E-state index contributed by atoms with van der Waals surface area (Å²) in [6.45, 7) is 4.31. The average molecular weight is 436 g/mol. The summed E-state index contributed by atoms with van der Waals surface area (Å²) >= 11 is 0. The maximum absolute atomic E-state index is 14.8. The Morgan fingerprint density at radius 1 is 0.906 bits per heavy atom. The molecule has 0 aromatic heterocycles. The smallest absolute Gasteiger partial charge is 0.342 e. The fourth-order valence-electron chi connectivity index (χ4n) is 3.02. The maximum atomic E-state index is 14.8. The second-order valence-corrected chi connectivity index (χ2v) is 7.66. The number of benzene rings is 3. The number of methoxy groups -OCH3 is 1. The van der Waals surface area contributed by atoms with Crippen LogP contribution in [0.15, 0.2) is 66.7 Å². The SMILES string of the molecule is COc1cc(F)c(-c2ccc(C(=O)OCC(C)C)cc2)cc1C(=O)OCc1ccccc1. The Hall–Kier alpha value is -3.67. The Labute approximate surface area is 186 Å². The number of hydrogen-bond acceptors (Lipinski definition) is 5. The van der Waals surface area contributed by atoms with Gasteiger partial charge in [-0.2, -0.15) is 0 Å². The van der Waals surface area contributed by atoms with Gasteiger partial charge in [-0.05, 0) is 35.2 Å². The second-order valence-electron chi connectivity index (χ2n) is 7.66. The van der Waals surface area contributed by atoms with Crippen molar-refractivity contribution in [2.75, 3.05) is 13.7 Å². The Balaban J connectivity index is 1.82. The molecule has 0 atom stereocenters. The number of carbonyl (C=O) groups is 2. The molecular formula is C26H25FO5. The lowest BCUT2D eigenvalue weighted by Crippen LogP contribution is -2.10. The van der Waals surface area contributed by atoms with Crippen LogP contribution >= 0.6 is 0 Å². The van der Waals surface area contributed by atoms with E-state index < -0.39 is 17.8 Å². The van der Waals surface area contributed by atoms with E-state index in [9.17, 15) is 14.0 Å². The van der Waals surface area contributed by atoms with Gasteiger partial charge in [0.05, 0.1) is 19.3 Å². The molecule has 3 aromatic carbocycles. The van der Waals surface area contributed by atoms with E-state index in [4.69, 9.17) is 14.2 Å². The lowest BCUT2D eigenvalue weighted by atomic mass is 10.0. The molecule has 0 aliphatic heterocycles. The molecule has 0 radical (unpaired) electrons. The van der Waals surface area contributed by atoms with Gasteiger partial charge in [-0.15, -0.1) is 0 Å². The summed E-state index contributed by atoms with van der Waals surface area (Å²) in [4.78, 5) is 24.8. The van der Waals surface area contributed by atoms with Crippen molar-refractivity contribution in [1.29, 1.82) is 0 Å². The largest absolute Gasteiger partial charge is 0.496 e. The minimum absolute atomic E-state index is 0.0817. The molecule has 6 heteroatoms. The van der Waals surface area contributed by atoms with E-state index in [1.54, 1.807) is 24.3 Å². The number of rotatable bonds is 8. The summed E-state index contributed by atoms with van der Waals surface area (Å²) in [5, 5.41) is 0. The van der Waals surface area contributed by atoms with Crippen molar-refractivity contribution in [3.63, 3.8) is 0 Å². The molecule has 0 bridgehead atoms. The van der Waals surface area contributed by atoms with Crippen molar-refractivity contribution in [3.8, 4) is 16.9 Å². The van der Waals surface area contributed by atoms with E-state index in [0.29, 0.717) is 17.7 Å². The third-order valence-corrected chi connectivity index (χ3v) is 4.70. The molecule has 32 heavy (non-hydrogen) atoms. The van der Waals surface area contributed by atoms with Gasteiger partial charge in [0.15, 0.2) is 0 Å². The highest BCUT2D eigenvalue weighted by Gasteiger charge is 2.19. The molecule has 166 valence electrons. The summed E-state index contributed by atoms with van der Waals surface area (Å²) < 4.78 is 30.5. The fourth-order valence-corrected chi connectivity index (χ4v) is 3.02. The van der Waals surface area contributed by atoms with Gasteiger partial charge in [-0.1, -0.05) is 56.3 Å². The fraction of sp³-hybridized carbons (Fsp3) is 0.231. The summed E-state index contributed by atoms with van der Waals surface area (Å²) in [5.74, 6) is -1.31. The van der Waals surface area contributed by atoms with E-state index in [1.165, 1.54) is 13.2 Å². The van der Waals surface area contributed by atoms with Gasteiger partial charge in [0.1, 0.15) is 23.7 Å². The summed E-state index contributed by atoms with van der Waals surface area (Å²) in [7, 11) is 1.36. The summed E-state index contributed by atoms with van der Waals surface area (Å²) in [5.41, 5.74) is 2.01. The first-order valence-electron chi connectivity index (χ1n) is 10.2. The van der Waals surface area contributed by atoms with E-state index >= 15 is 0 Å². The molecule has 0 fully saturated rings. The Morgan fingerprint density at radius 2 is 1.59 bits per heavy atom. The topological polar surface area (TPSA) is 61.8 Å². The molecular weight excluding hydrogens is 411 g/mol. The molecule has 0 aliphatic rings. The van der Waals surface area contributed by atoms with Gasteiger partial charge in [0.25, 0.3) is 0 Å². The first kappa shape index (κ1) is 23.0. The Morgan fingerprint density at radius 3 is 2.22 bits per heavy atom. The third-order valence-electron chi connectivity index (χ3n) is 4.70. The number of halogens is 1. The second kappa shape index (κ2) is 10.6. The van der Waals surface area contributed by atoms with Gasteiger partial charge >= 0.3 is 11.9 Å². The number of ether oxygens (including phenoxy) is 3. The van der Waals surface area contributed by atoms with Crippen LogP contribution < -0.4 is 4.74 Å². The van der Waals surface area contributed by atoms with Crippen molar-refractivity contribution < 1.29 is 28.2 Å². The lowest BCUT2D eigenvalue weighted by molar-refractivity contribution is 0.0454. The van der Waals surface area contributed by atoms with Crippen molar-refractivity contribution in [3.05, 3.63) is 89.2 Å². The van der Waals surface area contributed by atoms with Crippen LogP contribution in [0.3, 0.4) is 0 Å². The normalized spacial score (nSPS) is 10.7. The molecule has 0 N–H and O–H groups in total. The molecule has 0 saturated heterocycles. The zero-order valence-corrected chi connectivity index (χ0v) is 18.3. The van der Waals surface area contributed by atoms with Crippen LogP contribution in [0.1, 0.15) is 40.1 Å². The Bertz CT molecular complexity index is 1080. The van der Waals surface area contributed by atoms with Crippen molar-refractivity contribution >= 4 is 11.9 Å². The van der Waals surface area contributed by atoms with Crippen molar-refractivity contribution in [2.24, 2.45) is 5.92 Å². The standard InChI is InChI=1S/C26H25FO5/c1-17(2)15-31-25(28)20-11-9-19(10-12-20)21-13-22(24(30-3)14-23(21)27)26(29)32-16-18-7-5-4-6-8-18/h4-14,17H,15-16H2,1-3H3. The minimum Gasteiger partial charge on any atom is -0.496 e. The van der Waals surface area contributed by atoms with E-state index in [0.717, 1.165) is 11.6 Å².